The van der Waals surface area contributed by atoms with Crippen molar-refractivity contribution >= 4 is 15.7 Å². The molecule has 1 N–H and O–H groups in total. The van der Waals surface area contributed by atoms with E-state index < -0.39 is 14.9 Å². The van der Waals surface area contributed by atoms with Gasteiger partial charge in [0.2, 0.25) is 10.0 Å². The molecule has 7 nitrogen and oxygen atoms in total. The minimum Gasteiger partial charge on any atom is -0.380 e. The highest BCUT2D eigenvalue weighted by Gasteiger charge is 2.13. The average Bonchev–Trinajstić information content (AvgIpc) is 2.54. The van der Waals surface area contributed by atoms with E-state index in [2.05, 4.69) is 4.72 Å². The molecule has 0 atom stereocenters. The summed E-state index contributed by atoms with van der Waals surface area (Å²) in [6.45, 7) is 0.635. The number of nitro benzene ring substituents is 1. The first kappa shape index (κ1) is 18.1. The molecule has 0 amide bonds. The third-order valence-corrected chi connectivity index (χ3v) is 4.60. The van der Waals surface area contributed by atoms with Gasteiger partial charge in [-0.05, 0) is 16.7 Å². The fourth-order valence-electron chi connectivity index (χ4n) is 2.17. The fraction of sp³-hybridized carbons (Fsp3) is 0.250. The first-order valence-electron chi connectivity index (χ1n) is 7.17. The van der Waals surface area contributed by atoms with Crippen molar-refractivity contribution in [1.82, 2.24) is 4.72 Å². The third kappa shape index (κ3) is 5.41. The number of rotatable bonds is 8. The zero-order chi connectivity index (χ0) is 17.6. The molecule has 2 aromatic carbocycles. The zero-order valence-corrected chi connectivity index (χ0v) is 14.0. The van der Waals surface area contributed by atoms with Gasteiger partial charge in [0, 0.05) is 25.8 Å². The van der Waals surface area contributed by atoms with Gasteiger partial charge in [-0.1, -0.05) is 36.4 Å². The second-order valence-electron chi connectivity index (χ2n) is 5.26. The summed E-state index contributed by atoms with van der Waals surface area (Å²) in [5.41, 5.74) is 2.21. The number of nitrogens with one attached hydrogen (secondary N) is 1. The van der Waals surface area contributed by atoms with E-state index in [4.69, 9.17) is 4.74 Å². The third-order valence-electron chi connectivity index (χ3n) is 3.30. The van der Waals surface area contributed by atoms with Crippen LogP contribution in [0.4, 0.5) is 5.69 Å². The van der Waals surface area contributed by atoms with Gasteiger partial charge in [-0.3, -0.25) is 10.1 Å². The largest absolute Gasteiger partial charge is 0.380 e. The number of hydrogen-bond donors (Lipinski definition) is 1. The van der Waals surface area contributed by atoms with E-state index >= 15 is 0 Å². The summed E-state index contributed by atoms with van der Waals surface area (Å²) in [5.74, 6) is -0.233. The molecule has 0 aliphatic carbocycles. The van der Waals surface area contributed by atoms with Gasteiger partial charge in [0.15, 0.2) is 0 Å². The molecular formula is C16H18N2O5S. The van der Waals surface area contributed by atoms with Crippen molar-refractivity contribution in [1.29, 1.82) is 0 Å². The first-order valence-corrected chi connectivity index (χ1v) is 8.82. The van der Waals surface area contributed by atoms with Crippen molar-refractivity contribution in [2.45, 2.75) is 18.9 Å². The molecule has 0 radical (unpaired) electrons. The Morgan fingerprint density at radius 3 is 2.38 bits per heavy atom. The number of non-ortho nitro benzene ring substituents is 1. The van der Waals surface area contributed by atoms with E-state index in [1.54, 1.807) is 7.11 Å². The highest BCUT2D eigenvalue weighted by atomic mass is 32.2. The minimum atomic E-state index is -3.54. The van der Waals surface area contributed by atoms with Crippen LogP contribution in [-0.4, -0.2) is 20.5 Å². The highest BCUT2D eigenvalue weighted by molar-refractivity contribution is 7.88. The van der Waals surface area contributed by atoms with Crippen molar-refractivity contribution in [2.75, 3.05) is 7.11 Å². The number of ether oxygens (including phenoxy) is 1. The molecule has 2 aromatic rings. The maximum atomic E-state index is 12.1. The van der Waals surface area contributed by atoms with Gasteiger partial charge in [-0.15, -0.1) is 0 Å². The van der Waals surface area contributed by atoms with Gasteiger partial charge < -0.3 is 4.74 Å². The van der Waals surface area contributed by atoms with E-state index in [0.717, 1.165) is 11.1 Å². The normalized spacial score (nSPS) is 11.4. The molecule has 8 heteroatoms. The summed E-state index contributed by atoms with van der Waals surface area (Å²) in [6, 6.07) is 12.9. The lowest BCUT2D eigenvalue weighted by Crippen LogP contribution is -2.24. The van der Waals surface area contributed by atoms with Crippen LogP contribution in [0.3, 0.4) is 0 Å². The molecule has 0 aliphatic rings. The Morgan fingerprint density at radius 1 is 1.08 bits per heavy atom. The van der Waals surface area contributed by atoms with Crippen LogP contribution >= 0.6 is 0 Å². The van der Waals surface area contributed by atoms with Crippen molar-refractivity contribution in [3.8, 4) is 0 Å². The van der Waals surface area contributed by atoms with E-state index in [-0.39, 0.29) is 18.0 Å². The smallest absolute Gasteiger partial charge is 0.269 e. The van der Waals surface area contributed by atoms with Crippen LogP contribution in [0.5, 0.6) is 0 Å². The van der Waals surface area contributed by atoms with E-state index in [1.807, 2.05) is 24.3 Å². The molecule has 0 bridgehead atoms. The summed E-state index contributed by atoms with van der Waals surface area (Å²) in [4.78, 5) is 10.1. The molecule has 0 saturated carbocycles. The SMILES string of the molecule is COCc1cccc(CNS(=O)(=O)Cc2ccc([N+](=O)[O-])cc2)c1. The molecule has 2 rings (SSSR count). The Hall–Kier alpha value is -2.29. The molecule has 0 aliphatic heterocycles. The fourth-order valence-corrected chi connectivity index (χ4v) is 3.29. The number of methoxy groups -OCH3 is 1. The van der Waals surface area contributed by atoms with Crippen LogP contribution in [0.1, 0.15) is 16.7 Å². The number of sulfonamides is 1. The number of nitro groups is 1. The van der Waals surface area contributed by atoms with Crippen molar-refractivity contribution < 1.29 is 18.1 Å². The van der Waals surface area contributed by atoms with Crippen molar-refractivity contribution in [2.24, 2.45) is 0 Å². The summed E-state index contributed by atoms with van der Waals surface area (Å²) in [7, 11) is -1.95. The lowest BCUT2D eigenvalue weighted by atomic mass is 10.1. The van der Waals surface area contributed by atoms with Gasteiger partial charge in [-0.2, -0.15) is 0 Å². The predicted molar refractivity (Wildman–Crippen MR) is 89.7 cm³/mol. The summed E-state index contributed by atoms with van der Waals surface area (Å²) in [6.07, 6.45) is 0. The van der Waals surface area contributed by atoms with Crippen LogP contribution in [0.2, 0.25) is 0 Å². The van der Waals surface area contributed by atoms with E-state index in [9.17, 15) is 18.5 Å². The van der Waals surface area contributed by atoms with Gasteiger partial charge in [0.1, 0.15) is 0 Å². The molecule has 0 saturated heterocycles. The van der Waals surface area contributed by atoms with Gasteiger partial charge in [0.25, 0.3) is 5.69 Å². The van der Waals surface area contributed by atoms with Crippen LogP contribution < -0.4 is 4.72 Å². The Labute approximate surface area is 140 Å². The highest BCUT2D eigenvalue weighted by Crippen LogP contribution is 2.14. The summed E-state index contributed by atoms with van der Waals surface area (Å²) < 4.78 is 31.8. The molecule has 0 unspecified atom stereocenters. The van der Waals surface area contributed by atoms with Crippen LogP contribution in [0.25, 0.3) is 0 Å². The second-order valence-corrected chi connectivity index (χ2v) is 7.06. The lowest BCUT2D eigenvalue weighted by Gasteiger charge is -2.08. The Balaban J connectivity index is 1.98. The Morgan fingerprint density at radius 2 is 1.75 bits per heavy atom. The predicted octanol–water partition coefficient (Wildman–Crippen LogP) is 2.36. The second kappa shape index (κ2) is 8.00. The molecule has 24 heavy (non-hydrogen) atoms. The van der Waals surface area contributed by atoms with E-state index in [1.165, 1.54) is 24.3 Å². The average molecular weight is 350 g/mol. The number of nitrogens with zero attached hydrogens (tertiary/aromatic N) is 1. The first-order chi connectivity index (χ1) is 11.4. The van der Waals surface area contributed by atoms with E-state index in [0.29, 0.717) is 12.2 Å². The minimum absolute atomic E-state index is 0.0703. The topological polar surface area (TPSA) is 98.5 Å². The van der Waals surface area contributed by atoms with Crippen molar-refractivity contribution in [3.05, 3.63) is 75.3 Å². The quantitative estimate of drug-likeness (QED) is 0.582. The summed E-state index contributed by atoms with van der Waals surface area (Å²) >= 11 is 0. The van der Waals surface area contributed by atoms with Crippen molar-refractivity contribution in [3.63, 3.8) is 0 Å². The molecule has 0 spiro atoms. The standard InChI is InChI=1S/C16H18N2O5S/c1-23-11-15-4-2-3-14(9-15)10-17-24(21,22)12-13-5-7-16(8-6-13)18(19)20/h2-9,17H,10-12H2,1H3. The van der Waals surface area contributed by atoms with Crippen LogP contribution in [-0.2, 0) is 33.7 Å². The molecule has 128 valence electrons. The monoisotopic (exact) mass is 350 g/mol. The Bertz CT molecular complexity index is 803. The van der Waals surface area contributed by atoms with Gasteiger partial charge in [0.05, 0.1) is 17.3 Å². The zero-order valence-electron chi connectivity index (χ0n) is 13.1. The van der Waals surface area contributed by atoms with Crippen LogP contribution in [0.15, 0.2) is 48.5 Å². The molecule has 0 heterocycles. The number of hydrogen-bond acceptors (Lipinski definition) is 5. The molecule has 0 fully saturated rings. The van der Waals surface area contributed by atoms with Crippen LogP contribution in [0, 0.1) is 10.1 Å². The van der Waals surface area contributed by atoms with Gasteiger partial charge >= 0.3 is 0 Å². The Kier molecular flexibility index (Phi) is 6.02. The number of benzene rings is 2. The molecule has 0 aromatic heterocycles. The molecular weight excluding hydrogens is 332 g/mol. The van der Waals surface area contributed by atoms with Gasteiger partial charge in [-0.25, -0.2) is 13.1 Å². The summed E-state index contributed by atoms with van der Waals surface area (Å²) in [5, 5.41) is 10.6. The maximum absolute atomic E-state index is 12.1. The maximum Gasteiger partial charge on any atom is 0.269 e. The lowest BCUT2D eigenvalue weighted by molar-refractivity contribution is -0.384.